The molecule has 2 aliphatic rings. The standard InChI is InChI=1S/C26H36ClN3O5/c1-26(2)14-19(23(32)30-26)13-21(15-31)28-24(33)22(12-17-7-4-3-5-8-17)29-25(34)35-16-18-9-6-10-20(27)11-18/h6,9-11,15,17,19,21-22H,3-5,7-8,12-14,16H2,1-2H3,(H,28,33)(H,29,34)(H,30,32)/t19?,21?,22-/m0/s1. The molecule has 3 N–H and O–H groups in total. The summed E-state index contributed by atoms with van der Waals surface area (Å²) >= 11 is 5.98. The van der Waals surface area contributed by atoms with Gasteiger partial charge in [0.05, 0.1) is 6.04 Å². The lowest BCUT2D eigenvalue weighted by Crippen LogP contribution is -2.51. The molecular formula is C26H36ClN3O5. The monoisotopic (exact) mass is 505 g/mol. The maximum Gasteiger partial charge on any atom is 0.408 e. The van der Waals surface area contributed by atoms with E-state index in [4.69, 9.17) is 16.3 Å². The molecule has 1 saturated heterocycles. The highest BCUT2D eigenvalue weighted by molar-refractivity contribution is 6.30. The predicted molar refractivity (Wildman–Crippen MR) is 133 cm³/mol. The fraction of sp³-hybridized carbons (Fsp3) is 0.615. The summed E-state index contributed by atoms with van der Waals surface area (Å²) in [6, 6.07) is 5.35. The van der Waals surface area contributed by atoms with Crippen LogP contribution < -0.4 is 16.0 Å². The van der Waals surface area contributed by atoms with Gasteiger partial charge < -0.3 is 25.5 Å². The quantitative estimate of drug-likeness (QED) is 0.417. The van der Waals surface area contributed by atoms with Crippen LogP contribution in [0.3, 0.4) is 0 Å². The average molecular weight is 506 g/mol. The van der Waals surface area contributed by atoms with Gasteiger partial charge >= 0.3 is 6.09 Å². The molecule has 0 aromatic heterocycles. The van der Waals surface area contributed by atoms with Crippen LogP contribution in [0.4, 0.5) is 4.79 Å². The maximum absolute atomic E-state index is 13.2. The number of benzene rings is 1. The number of aldehydes is 1. The van der Waals surface area contributed by atoms with Crippen LogP contribution in [0.15, 0.2) is 24.3 Å². The number of alkyl carbamates (subject to hydrolysis) is 1. The van der Waals surface area contributed by atoms with E-state index in [-0.39, 0.29) is 30.4 Å². The maximum atomic E-state index is 13.2. The van der Waals surface area contributed by atoms with Crippen molar-refractivity contribution in [2.75, 3.05) is 0 Å². The first-order chi connectivity index (χ1) is 16.6. The Morgan fingerprint density at radius 1 is 1.20 bits per heavy atom. The number of nitrogens with one attached hydrogen (secondary N) is 3. The molecule has 1 aliphatic heterocycles. The largest absolute Gasteiger partial charge is 0.445 e. The van der Waals surface area contributed by atoms with Crippen molar-refractivity contribution < 1.29 is 23.9 Å². The van der Waals surface area contributed by atoms with Gasteiger partial charge in [-0.2, -0.15) is 0 Å². The van der Waals surface area contributed by atoms with E-state index >= 15 is 0 Å². The van der Waals surface area contributed by atoms with Gasteiger partial charge in [0.15, 0.2) is 0 Å². The summed E-state index contributed by atoms with van der Waals surface area (Å²) in [7, 11) is 0. The Morgan fingerprint density at radius 3 is 2.57 bits per heavy atom. The van der Waals surface area contributed by atoms with Crippen molar-refractivity contribution in [2.24, 2.45) is 11.8 Å². The van der Waals surface area contributed by atoms with E-state index < -0.39 is 24.1 Å². The highest BCUT2D eigenvalue weighted by atomic mass is 35.5. The van der Waals surface area contributed by atoms with Gasteiger partial charge in [-0.3, -0.25) is 9.59 Å². The van der Waals surface area contributed by atoms with E-state index in [1.54, 1.807) is 24.3 Å². The minimum Gasteiger partial charge on any atom is -0.445 e. The van der Waals surface area contributed by atoms with Crippen molar-refractivity contribution in [1.29, 1.82) is 0 Å². The molecule has 0 bridgehead atoms. The summed E-state index contributed by atoms with van der Waals surface area (Å²) in [5.74, 6) is -0.598. The van der Waals surface area contributed by atoms with Crippen molar-refractivity contribution in [3.05, 3.63) is 34.9 Å². The van der Waals surface area contributed by atoms with Gasteiger partial charge in [-0.1, -0.05) is 55.8 Å². The number of carbonyl (C=O) groups excluding carboxylic acids is 4. The number of ether oxygens (including phenoxy) is 1. The molecule has 2 fully saturated rings. The molecule has 0 spiro atoms. The van der Waals surface area contributed by atoms with Crippen LogP contribution in [0.2, 0.25) is 5.02 Å². The van der Waals surface area contributed by atoms with Gasteiger partial charge in [0.25, 0.3) is 0 Å². The summed E-state index contributed by atoms with van der Waals surface area (Å²) in [5, 5.41) is 8.89. The topological polar surface area (TPSA) is 114 Å². The molecule has 9 heteroatoms. The molecule has 3 rings (SSSR count). The van der Waals surface area contributed by atoms with Crippen LogP contribution >= 0.6 is 11.6 Å². The second-order valence-corrected chi connectivity index (χ2v) is 10.8. The van der Waals surface area contributed by atoms with E-state index in [0.29, 0.717) is 30.1 Å². The Bertz CT molecular complexity index is 916. The number of rotatable bonds is 10. The smallest absolute Gasteiger partial charge is 0.408 e. The summed E-state index contributed by atoms with van der Waals surface area (Å²) in [4.78, 5) is 49.7. The molecule has 1 aromatic carbocycles. The number of hydrogen-bond donors (Lipinski definition) is 3. The summed E-state index contributed by atoms with van der Waals surface area (Å²) in [6.07, 6.45) is 6.60. The van der Waals surface area contributed by atoms with Crippen molar-refractivity contribution in [3.8, 4) is 0 Å². The SMILES string of the molecule is CC1(C)CC(CC(C=O)NC(=O)[C@H](CC2CCCCC2)NC(=O)OCc2cccc(Cl)c2)C(=O)N1. The molecule has 192 valence electrons. The minimum atomic E-state index is -0.832. The Kier molecular flexibility index (Phi) is 9.55. The highest BCUT2D eigenvalue weighted by Gasteiger charge is 2.39. The van der Waals surface area contributed by atoms with Crippen molar-refractivity contribution in [3.63, 3.8) is 0 Å². The lowest BCUT2D eigenvalue weighted by atomic mass is 9.84. The summed E-state index contributed by atoms with van der Waals surface area (Å²) in [5.41, 5.74) is 0.400. The third kappa shape index (κ3) is 8.53. The number of hydrogen-bond acceptors (Lipinski definition) is 5. The molecule has 1 aromatic rings. The molecule has 0 radical (unpaired) electrons. The first-order valence-corrected chi connectivity index (χ1v) is 12.8. The summed E-state index contributed by atoms with van der Waals surface area (Å²) in [6.45, 7) is 3.88. The van der Waals surface area contributed by atoms with Gasteiger partial charge in [-0.05, 0) is 56.7 Å². The van der Waals surface area contributed by atoms with Gasteiger partial charge in [0.2, 0.25) is 11.8 Å². The molecule has 1 saturated carbocycles. The van der Waals surface area contributed by atoms with Gasteiger partial charge in [-0.15, -0.1) is 0 Å². The lowest BCUT2D eigenvalue weighted by Gasteiger charge is -2.27. The first kappa shape index (κ1) is 27.0. The average Bonchev–Trinajstić information content (AvgIpc) is 3.08. The minimum absolute atomic E-state index is 0.0215. The zero-order chi connectivity index (χ0) is 25.4. The van der Waals surface area contributed by atoms with Gasteiger partial charge in [0, 0.05) is 16.5 Å². The molecule has 1 heterocycles. The fourth-order valence-corrected chi connectivity index (χ4v) is 5.28. The normalized spacial score (nSPS) is 21.5. The molecule has 35 heavy (non-hydrogen) atoms. The Labute approximate surface area is 211 Å². The lowest BCUT2D eigenvalue weighted by molar-refractivity contribution is -0.127. The molecule has 1 aliphatic carbocycles. The van der Waals surface area contributed by atoms with Gasteiger partial charge in [-0.25, -0.2) is 4.79 Å². The number of carbonyl (C=O) groups is 4. The van der Waals surface area contributed by atoms with Crippen LogP contribution in [0.5, 0.6) is 0 Å². The molecule has 3 amide bonds. The van der Waals surface area contributed by atoms with Crippen molar-refractivity contribution >= 4 is 35.8 Å². The Morgan fingerprint density at radius 2 is 1.94 bits per heavy atom. The molecule has 8 nitrogen and oxygen atoms in total. The van der Waals surface area contributed by atoms with Crippen LogP contribution in [0.25, 0.3) is 0 Å². The van der Waals surface area contributed by atoms with Crippen molar-refractivity contribution in [1.82, 2.24) is 16.0 Å². The van der Waals surface area contributed by atoms with Gasteiger partial charge in [0.1, 0.15) is 18.9 Å². The number of amides is 3. The van der Waals surface area contributed by atoms with E-state index in [0.717, 1.165) is 31.2 Å². The zero-order valence-electron chi connectivity index (χ0n) is 20.5. The first-order valence-electron chi connectivity index (χ1n) is 12.4. The predicted octanol–water partition coefficient (Wildman–Crippen LogP) is 3.89. The highest BCUT2D eigenvalue weighted by Crippen LogP contribution is 2.29. The van der Waals surface area contributed by atoms with Crippen LogP contribution in [0, 0.1) is 11.8 Å². The van der Waals surface area contributed by atoms with Crippen LogP contribution in [-0.4, -0.2) is 41.8 Å². The van der Waals surface area contributed by atoms with Crippen molar-refractivity contribution in [2.45, 2.75) is 89.4 Å². The molecular weight excluding hydrogens is 470 g/mol. The third-order valence-corrected chi connectivity index (χ3v) is 7.02. The second-order valence-electron chi connectivity index (χ2n) is 10.4. The molecule has 2 unspecified atom stereocenters. The van der Waals surface area contributed by atoms with E-state index in [1.165, 1.54) is 6.42 Å². The van der Waals surface area contributed by atoms with Crippen LogP contribution in [0.1, 0.15) is 70.8 Å². The van der Waals surface area contributed by atoms with Crippen LogP contribution in [-0.2, 0) is 25.7 Å². The zero-order valence-corrected chi connectivity index (χ0v) is 21.2. The Balaban J connectivity index is 1.60. The fourth-order valence-electron chi connectivity index (χ4n) is 5.07. The second kappa shape index (κ2) is 12.4. The van der Waals surface area contributed by atoms with E-state index in [1.807, 2.05) is 13.8 Å². The van der Waals surface area contributed by atoms with E-state index in [2.05, 4.69) is 16.0 Å². The third-order valence-electron chi connectivity index (χ3n) is 6.78. The summed E-state index contributed by atoms with van der Waals surface area (Å²) < 4.78 is 5.32. The molecule has 3 atom stereocenters. The number of halogens is 1. The Hall–Kier alpha value is -2.61. The van der Waals surface area contributed by atoms with E-state index in [9.17, 15) is 19.2 Å².